The Morgan fingerprint density at radius 3 is 2.52 bits per heavy atom. The monoisotopic (exact) mass is 413 g/mol. The zero-order chi connectivity index (χ0) is 22.0. The lowest BCUT2D eigenvalue weighted by atomic mass is 10.1. The van der Waals surface area contributed by atoms with E-state index in [4.69, 9.17) is 15.0 Å². The fourth-order valence-corrected chi connectivity index (χ4v) is 3.73. The number of nitriles is 1. The molecule has 0 spiro atoms. The van der Waals surface area contributed by atoms with Crippen LogP contribution in [0.15, 0.2) is 36.4 Å². The third kappa shape index (κ3) is 4.39. The zero-order valence-corrected chi connectivity index (χ0v) is 17.8. The highest BCUT2D eigenvalue weighted by molar-refractivity contribution is 5.76. The van der Waals surface area contributed by atoms with Crippen molar-refractivity contribution in [1.82, 2.24) is 14.9 Å². The molecule has 1 aliphatic rings. The van der Waals surface area contributed by atoms with Gasteiger partial charge in [-0.05, 0) is 74.8 Å². The molecule has 1 aliphatic heterocycles. The predicted octanol–water partition coefficient (Wildman–Crippen LogP) is 4.30. The summed E-state index contributed by atoms with van der Waals surface area (Å²) in [7, 11) is 2.06. The highest BCUT2D eigenvalue weighted by Crippen LogP contribution is 2.34. The number of aldehydes is 1. The molecule has 0 fully saturated rings. The largest absolute Gasteiger partial charge is 0.438 e. The fraction of sp³-hybridized carbons (Fsp3) is 0.250. The summed E-state index contributed by atoms with van der Waals surface area (Å²) in [5.74, 6) is 1.67. The second-order valence-electron chi connectivity index (χ2n) is 7.78. The van der Waals surface area contributed by atoms with E-state index in [0.29, 0.717) is 35.2 Å². The third-order valence-electron chi connectivity index (χ3n) is 5.31. The molecule has 2 aromatic carbocycles. The van der Waals surface area contributed by atoms with E-state index in [2.05, 4.69) is 28.3 Å². The van der Waals surface area contributed by atoms with Crippen LogP contribution in [-0.2, 0) is 13.0 Å². The molecule has 0 atom stereocenters. The molecule has 7 heteroatoms. The first-order chi connectivity index (χ1) is 15.0. The van der Waals surface area contributed by atoms with Gasteiger partial charge in [-0.1, -0.05) is 0 Å². The summed E-state index contributed by atoms with van der Waals surface area (Å²) in [6.07, 6.45) is 1.63. The van der Waals surface area contributed by atoms with Crippen molar-refractivity contribution in [2.45, 2.75) is 26.8 Å². The minimum Gasteiger partial charge on any atom is -0.438 e. The van der Waals surface area contributed by atoms with Gasteiger partial charge in [0.05, 0.1) is 17.3 Å². The highest BCUT2D eigenvalue weighted by atomic mass is 16.5. The number of aromatic nitrogens is 2. The van der Waals surface area contributed by atoms with Gasteiger partial charge >= 0.3 is 0 Å². The van der Waals surface area contributed by atoms with Crippen LogP contribution in [0.1, 0.15) is 38.3 Å². The number of benzene rings is 2. The first kappa shape index (κ1) is 20.5. The number of anilines is 2. The maximum atomic E-state index is 11.2. The first-order valence-electron chi connectivity index (χ1n) is 10.1. The van der Waals surface area contributed by atoms with Gasteiger partial charge in [0.15, 0.2) is 0 Å². The number of hydrogen-bond donors (Lipinski definition) is 1. The molecule has 31 heavy (non-hydrogen) atoms. The lowest BCUT2D eigenvalue weighted by Crippen LogP contribution is -2.28. The third-order valence-corrected chi connectivity index (χ3v) is 5.31. The van der Waals surface area contributed by atoms with Crippen molar-refractivity contribution in [1.29, 1.82) is 5.26 Å². The molecule has 0 bridgehead atoms. The molecule has 156 valence electrons. The van der Waals surface area contributed by atoms with E-state index >= 15 is 0 Å². The Bertz CT molecular complexity index is 1160. The number of likely N-dealkylation sites (N-methyl/N-ethyl adjacent to an activating group) is 1. The van der Waals surface area contributed by atoms with Crippen molar-refractivity contribution in [3.05, 3.63) is 69.9 Å². The Morgan fingerprint density at radius 1 is 1.16 bits per heavy atom. The number of nitrogens with one attached hydrogen (secondary N) is 1. The van der Waals surface area contributed by atoms with Crippen LogP contribution in [0.5, 0.6) is 11.6 Å². The fourth-order valence-electron chi connectivity index (χ4n) is 3.73. The van der Waals surface area contributed by atoms with Crippen LogP contribution in [-0.4, -0.2) is 34.7 Å². The molecule has 0 unspecified atom stereocenters. The lowest BCUT2D eigenvalue weighted by molar-refractivity contribution is 0.112. The molecule has 2 heterocycles. The molecule has 4 rings (SSSR count). The maximum Gasteiger partial charge on any atom is 0.230 e. The van der Waals surface area contributed by atoms with Gasteiger partial charge in [0, 0.05) is 29.9 Å². The second kappa shape index (κ2) is 8.54. The number of carbonyl (C=O) groups is 1. The van der Waals surface area contributed by atoms with Gasteiger partial charge in [0.2, 0.25) is 11.8 Å². The van der Waals surface area contributed by atoms with Gasteiger partial charge in [-0.25, -0.2) is 4.98 Å². The molecule has 0 saturated heterocycles. The number of aryl methyl sites for hydroxylation is 2. The number of ether oxygens (including phenoxy) is 1. The Labute approximate surface area is 181 Å². The number of nitrogens with zero attached hydrogens (tertiary/aromatic N) is 4. The van der Waals surface area contributed by atoms with Gasteiger partial charge in [-0.2, -0.15) is 10.2 Å². The van der Waals surface area contributed by atoms with Crippen LogP contribution in [0.2, 0.25) is 0 Å². The average Bonchev–Trinajstić information content (AvgIpc) is 2.76. The molecular formula is C24H23N5O2. The minimum absolute atomic E-state index is 0.438. The first-order valence-corrected chi connectivity index (χ1v) is 10.1. The van der Waals surface area contributed by atoms with Crippen LogP contribution in [0.3, 0.4) is 0 Å². The highest BCUT2D eigenvalue weighted by Gasteiger charge is 2.23. The number of hydrogen-bond acceptors (Lipinski definition) is 7. The van der Waals surface area contributed by atoms with Crippen molar-refractivity contribution in [2.75, 3.05) is 18.9 Å². The molecule has 3 aromatic rings. The average molecular weight is 413 g/mol. The Balaban J connectivity index is 1.72. The Morgan fingerprint density at radius 2 is 1.87 bits per heavy atom. The van der Waals surface area contributed by atoms with E-state index in [0.717, 1.165) is 47.3 Å². The van der Waals surface area contributed by atoms with E-state index in [-0.39, 0.29) is 0 Å². The number of rotatable bonds is 5. The molecule has 1 aromatic heterocycles. The quantitative estimate of drug-likeness (QED) is 0.624. The van der Waals surface area contributed by atoms with E-state index in [1.54, 1.807) is 12.1 Å². The molecule has 7 nitrogen and oxygen atoms in total. The predicted molar refractivity (Wildman–Crippen MR) is 118 cm³/mol. The smallest absolute Gasteiger partial charge is 0.230 e. The van der Waals surface area contributed by atoms with E-state index in [9.17, 15) is 4.79 Å². The maximum absolute atomic E-state index is 11.2. The molecule has 0 aliphatic carbocycles. The second-order valence-corrected chi connectivity index (χ2v) is 7.78. The summed E-state index contributed by atoms with van der Waals surface area (Å²) < 4.78 is 6.32. The van der Waals surface area contributed by atoms with Crippen LogP contribution < -0.4 is 10.1 Å². The van der Waals surface area contributed by atoms with Crippen molar-refractivity contribution >= 4 is 17.9 Å². The van der Waals surface area contributed by atoms with Crippen LogP contribution in [0, 0.1) is 25.2 Å². The van der Waals surface area contributed by atoms with Crippen molar-refractivity contribution < 1.29 is 9.53 Å². The molecular weight excluding hydrogens is 390 g/mol. The minimum atomic E-state index is 0.438. The number of carbonyl (C=O) groups excluding carboxylic acids is 1. The summed E-state index contributed by atoms with van der Waals surface area (Å²) in [4.78, 5) is 22.8. The lowest BCUT2D eigenvalue weighted by Gasteiger charge is -2.26. The van der Waals surface area contributed by atoms with Crippen LogP contribution in [0.25, 0.3) is 0 Å². The number of fused-ring (bicyclic) bond motifs is 1. The Hall–Kier alpha value is -3.76. The topological polar surface area (TPSA) is 91.1 Å². The SMILES string of the molecule is Cc1cc(C=O)cc(C)c1Oc1nc(Nc2ccc(C#N)cc2)nc2c1CCN(C)C2. The van der Waals surface area contributed by atoms with Gasteiger partial charge < -0.3 is 15.0 Å². The summed E-state index contributed by atoms with van der Waals surface area (Å²) in [6.45, 7) is 5.45. The van der Waals surface area contributed by atoms with Crippen LogP contribution >= 0.6 is 0 Å². The van der Waals surface area contributed by atoms with E-state index in [1.807, 2.05) is 38.1 Å². The molecule has 1 N–H and O–H groups in total. The van der Waals surface area contributed by atoms with Gasteiger partial charge in [0.25, 0.3) is 0 Å². The van der Waals surface area contributed by atoms with Gasteiger partial charge in [0.1, 0.15) is 12.0 Å². The zero-order valence-electron chi connectivity index (χ0n) is 17.8. The summed E-state index contributed by atoms with van der Waals surface area (Å²) in [5.41, 5.74) is 5.69. The van der Waals surface area contributed by atoms with E-state index in [1.165, 1.54) is 0 Å². The Kier molecular flexibility index (Phi) is 5.65. The molecule has 0 saturated carbocycles. The summed E-state index contributed by atoms with van der Waals surface area (Å²) >= 11 is 0. The van der Waals surface area contributed by atoms with Crippen molar-refractivity contribution in [2.24, 2.45) is 0 Å². The normalized spacial score (nSPS) is 13.2. The standard InChI is InChI=1S/C24H23N5O2/c1-15-10-18(14-30)11-16(2)22(15)31-23-20-8-9-29(3)13-21(20)27-24(28-23)26-19-6-4-17(12-25)5-7-19/h4-7,10-11,14H,8-9,13H2,1-3H3,(H,26,27,28). The molecule has 0 radical (unpaired) electrons. The van der Waals surface area contributed by atoms with E-state index < -0.39 is 0 Å². The van der Waals surface area contributed by atoms with Crippen molar-refractivity contribution in [3.8, 4) is 17.7 Å². The summed E-state index contributed by atoms with van der Waals surface area (Å²) in [6, 6.07) is 12.9. The van der Waals surface area contributed by atoms with Gasteiger partial charge in [-0.15, -0.1) is 0 Å². The van der Waals surface area contributed by atoms with Gasteiger partial charge in [-0.3, -0.25) is 4.79 Å². The summed E-state index contributed by atoms with van der Waals surface area (Å²) in [5, 5.41) is 12.2. The van der Waals surface area contributed by atoms with Crippen molar-refractivity contribution in [3.63, 3.8) is 0 Å². The molecule has 0 amide bonds. The van der Waals surface area contributed by atoms with Crippen LogP contribution in [0.4, 0.5) is 11.6 Å².